The second kappa shape index (κ2) is 4.61. The molecule has 16 heavy (non-hydrogen) atoms. The van der Waals surface area contributed by atoms with Crippen molar-refractivity contribution in [2.24, 2.45) is 5.92 Å². The van der Waals surface area contributed by atoms with Gasteiger partial charge >= 0.3 is 0 Å². The van der Waals surface area contributed by atoms with Crippen LogP contribution in [0.5, 0.6) is 0 Å². The zero-order chi connectivity index (χ0) is 11.1. The van der Waals surface area contributed by atoms with Gasteiger partial charge < -0.3 is 5.32 Å². The number of halogens is 1. The Kier molecular flexibility index (Phi) is 3.83. The quantitative estimate of drug-likeness (QED) is 0.760. The Balaban J connectivity index is 0.00000128. The van der Waals surface area contributed by atoms with Gasteiger partial charge in [-0.15, -0.1) is 12.4 Å². The number of para-hydroxylation sites is 1. The summed E-state index contributed by atoms with van der Waals surface area (Å²) >= 11 is 0. The summed E-state index contributed by atoms with van der Waals surface area (Å²) in [5, 5.41) is 3.05. The predicted molar refractivity (Wildman–Crippen MR) is 64.9 cm³/mol. The van der Waals surface area contributed by atoms with E-state index < -0.39 is 10.1 Å². The number of nitrogens with one attached hydrogen (secondary N) is 1. The second-order valence-electron chi connectivity index (χ2n) is 3.96. The highest BCUT2D eigenvalue weighted by Crippen LogP contribution is 2.30. The first kappa shape index (κ1) is 13.3. The second-order valence-corrected chi connectivity index (χ2v) is 5.35. The van der Waals surface area contributed by atoms with Gasteiger partial charge in [0, 0.05) is 6.54 Å². The van der Waals surface area contributed by atoms with Crippen LogP contribution in [-0.4, -0.2) is 19.5 Å². The van der Waals surface area contributed by atoms with E-state index in [1.807, 2.05) is 6.07 Å². The molecule has 1 aliphatic rings. The molecule has 2 N–H and O–H groups in total. The van der Waals surface area contributed by atoms with Crippen molar-refractivity contribution in [1.29, 1.82) is 0 Å². The number of anilines is 1. The van der Waals surface area contributed by atoms with Crippen molar-refractivity contribution < 1.29 is 13.0 Å². The lowest BCUT2D eigenvalue weighted by Crippen LogP contribution is -2.22. The largest absolute Gasteiger partial charge is 0.383 e. The highest BCUT2D eigenvalue weighted by Gasteiger charge is 2.22. The molecule has 0 aromatic heterocycles. The van der Waals surface area contributed by atoms with Crippen molar-refractivity contribution in [1.82, 2.24) is 0 Å². The van der Waals surface area contributed by atoms with Crippen LogP contribution in [0, 0.1) is 5.92 Å². The summed E-state index contributed by atoms with van der Waals surface area (Å²) in [5.41, 5.74) is 1.50. The minimum Gasteiger partial charge on any atom is -0.383 e. The maximum atomic E-state index is 11.1. The molecule has 0 spiro atoms. The molecule has 0 fully saturated rings. The number of hydrogen-bond donors (Lipinski definition) is 2. The van der Waals surface area contributed by atoms with Gasteiger partial charge in [0.15, 0.2) is 0 Å². The minimum absolute atomic E-state index is 0. The summed E-state index contributed by atoms with van der Waals surface area (Å²) in [6.07, 6.45) is 0.839. The molecular formula is C10H14ClNO3S. The molecule has 1 aliphatic heterocycles. The summed E-state index contributed by atoms with van der Waals surface area (Å²) in [7, 11) is -4.12. The minimum atomic E-state index is -4.12. The van der Waals surface area contributed by atoms with Crippen LogP contribution in [0.25, 0.3) is 0 Å². The van der Waals surface area contributed by atoms with Gasteiger partial charge in [0.05, 0.1) is 5.69 Å². The Labute approximate surface area is 101 Å². The van der Waals surface area contributed by atoms with Gasteiger partial charge in [-0.05, 0) is 24.0 Å². The van der Waals surface area contributed by atoms with Crippen LogP contribution < -0.4 is 5.32 Å². The van der Waals surface area contributed by atoms with Crippen LogP contribution in [0.15, 0.2) is 23.1 Å². The maximum Gasteiger partial charge on any atom is 0.296 e. The number of hydrogen-bond acceptors (Lipinski definition) is 3. The summed E-state index contributed by atoms with van der Waals surface area (Å²) in [6.45, 7) is 2.83. The molecule has 1 aromatic carbocycles. The van der Waals surface area contributed by atoms with Crippen LogP contribution in [0.2, 0.25) is 0 Å². The average Bonchev–Trinajstić information content (AvgIpc) is 2.15. The van der Waals surface area contributed by atoms with E-state index in [0.29, 0.717) is 11.6 Å². The molecule has 0 amide bonds. The Morgan fingerprint density at radius 1 is 1.44 bits per heavy atom. The third-order valence-electron chi connectivity index (χ3n) is 2.59. The summed E-state index contributed by atoms with van der Waals surface area (Å²) in [4.78, 5) is -0.0214. The van der Waals surface area contributed by atoms with Gasteiger partial charge in [0.1, 0.15) is 4.90 Å². The molecule has 6 heteroatoms. The molecule has 0 aliphatic carbocycles. The third kappa shape index (κ3) is 2.48. The average molecular weight is 264 g/mol. The lowest BCUT2D eigenvalue weighted by molar-refractivity contribution is 0.482. The number of rotatable bonds is 1. The summed E-state index contributed by atoms with van der Waals surface area (Å²) in [5.74, 6) is 0.481. The van der Waals surface area contributed by atoms with E-state index in [1.165, 1.54) is 6.07 Å². The zero-order valence-corrected chi connectivity index (χ0v) is 10.4. The van der Waals surface area contributed by atoms with Gasteiger partial charge in [0.2, 0.25) is 0 Å². The Morgan fingerprint density at radius 3 is 2.75 bits per heavy atom. The molecule has 90 valence electrons. The van der Waals surface area contributed by atoms with E-state index in [2.05, 4.69) is 12.2 Å². The molecule has 0 saturated heterocycles. The van der Waals surface area contributed by atoms with Gasteiger partial charge in [-0.3, -0.25) is 4.55 Å². The van der Waals surface area contributed by atoms with Gasteiger partial charge in [0.25, 0.3) is 10.1 Å². The maximum absolute atomic E-state index is 11.1. The van der Waals surface area contributed by atoms with Crippen molar-refractivity contribution >= 4 is 28.2 Å². The lowest BCUT2D eigenvalue weighted by Gasteiger charge is -2.24. The van der Waals surface area contributed by atoms with E-state index in [0.717, 1.165) is 18.5 Å². The fourth-order valence-corrected chi connectivity index (χ4v) is 2.60. The first-order valence-electron chi connectivity index (χ1n) is 4.82. The molecule has 0 radical (unpaired) electrons. The zero-order valence-electron chi connectivity index (χ0n) is 8.80. The standard InChI is InChI=1S/C10H13NO3S.ClH/c1-7-5-8-3-2-4-9(15(12,13)14)10(8)11-6-7;/h2-4,7,11H,5-6H2,1H3,(H,12,13,14);1H/t7-;/m0./s1. The summed E-state index contributed by atoms with van der Waals surface area (Å²) < 4.78 is 31.2. The van der Waals surface area contributed by atoms with Crippen LogP contribution >= 0.6 is 12.4 Å². The van der Waals surface area contributed by atoms with Crippen LogP contribution in [0.1, 0.15) is 12.5 Å². The van der Waals surface area contributed by atoms with Crippen LogP contribution in [-0.2, 0) is 16.5 Å². The van der Waals surface area contributed by atoms with Crippen molar-refractivity contribution in [3.63, 3.8) is 0 Å². The normalized spacial score (nSPS) is 19.2. The molecule has 0 unspecified atom stereocenters. The van der Waals surface area contributed by atoms with Crippen molar-refractivity contribution in [3.8, 4) is 0 Å². The topological polar surface area (TPSA) is 66.4 Å². The molecule has 4 nitrogen and oxygen atoms in total. The van der Waals surface area contributed by atoms with Crippen molar-refractivity contribution in [2.75, 3.05) is 11.9 Å². The fourth-order valence-electron chi connectivity index (χ4n) is 1.89. The highest BCUT2D eigenvalue weighted by atomic mass is 35.5. The number of benzene rings is 1. The predicted octanol–water partition coefficient (Wildman–Crippen LogP) is 1.96. The van der Waals surface area contributed by atoms with Gasteiger partial charge in [-0.25, -0.2) is 0 Å². The fraction of sp³-hybridized carbons (Fsp3) is 0.400. The van der Waals surface area contributed by atoms with E-state index in [-0.39, 0.29) is 17.3 Å². The molecule has 0 saturated carbocycles. The van der Waals surface area contributed by atoms with Crippen LogP contribution in [0.4, 0.5) is 5.69 Å². The summed E-state index contributed by atoms with van der Waals surface area (Å²) in [6, 6.07) is 4.95. The first-order chi connectivity index (χ1) is 6.98. The molecule has 0 bridgehead atoms. The Bertz CT molecular complexity index is 487. The monoisotopic (exact) mass is 263 g/mol. The van der Waals surface area contributed by atoms with Crippen molar-refractivity contribution in [3.05, 3.63) is 23.8 Å². The first-order valence-corrected chi connectivity index (χ1v) is 6.26. The molecule has 1 aromatic rings. The lowest BCUT2D eigenvalue weighted by atomic mass is 9.96. The van der Waals surface area contributed by atoms with E-state index >= 15 is 0 Å². The van der Waals surface area contributed by atoms with Crippen molar-refractivity contribution in [2.45, 2.75) is 18.2 Å². The molecule has 1 atom stereocenters. The smallest absolute Gasteiger partial charge is 0.296 e. The van der Waals surface area contributed by atoms with E-state index in [4.69, 9.17) is 4.55 Å². The third-order valence-corrected chi connectivity index (χ3v) is 3.48. The molecular weight excluding hydrogens is 250 g/mol. The van der Waals surface area contributed by atoms with E-state index in [9.17, 15) is 8.42 Å². The van der Waals surface area contributed by atoms with E-state index in [1.54, 1.807) is 6.07 Å². The van der Waals surface area contributed by atoms with Gasteiger partial charge in [-0.1, -0.05) is 19.1 Å². The Hall–Kier alpha value is -0.780. The SMILES string of the molecule is C[C@@H]1CNc2c(cccc2S(=O)(=O)O)C1.Cl. The molecule has 2 rings (SSSR count). The molecule has 1 heterocycles. The number of fused-ring (bicyclic) bond motifs is 1. The highest BCUT2D eigenvalue weighted by molar-refractivity contribution is 7.86. The Morgan fingerprint density at radius 2 is 2.12 bits per heavy atom. The van der Waals surface area contributed by atoms with Crippen LogP contribution in [0.3, 0.4) is 0 Å². The van der Waals surface area contributed by atoms with Gasteiger partial charge in [-0.2, -0.15) is 8.42 Å².